The SMILES string of the molecule is O=C(NCc1ccc(C(=O)O)c(O)c1)Oc1ccc(P2(=S)SP(=S)(c3ccc(O)cc3)S2)cc1. The van der Waals surface area contributed by atoms with Crippen LogP contribution in [0.4, 0.5) is 4.79 Å². The lowest BCUT2D eigenvalue weighted by Gasteiger charge is -2.40. The second-order valence-electron chi connectivity index (χ2n) is 7.07. The quantitative estimate of drug-likeness (QED) is 0.298. The van der Waals surface area contributed by atoms with E-state index >= 15 is 0 Å². The zero-order valence-corrected chi connectivity index (χ0v) is 22.2. The van der Waals surface area contributed by atoms with Gasteiger partial charge in [-0.2, -0.15) is 0 Å². The maximum absolute atomic E-state index is 12.1. The number of phenols is 2. The first-order valence-electron chi connectivity index (χ1n) is 9.62. The normalized spacial score (nSPS) is 21.3. The number of carboxylic acid groups (broad SMARTS) is 1. The summed E-state index contributed by atoms with van der Waals surface area (Å²) < 4.78 is 1.47. The molecule has 4 rings (SSSR count). The molecule has 1 aliphatic heterocycles. The Morgan fingerprint density at radius 3 is 1.97 bits per heavy atom. The molecule has 4 N–H and O–H groups in total. The molecule has 3 aromatic carbocycles. The molecule has 1 fully saturated rings. The minimum Gasteiger partial charge on any atom is -0.508 e. The molecule has 0 spiro atoms. The fourth-order valence-electron chi connectivity index (χ4n) is 3.00. The van der Waals surface area contributed by atoms with Gasteiger partial charge in [-0.3, -0.25) is 0 Å². The van der Waals surface area contributed by atoms with Gasteiger partial charge in [-0.05, 0) is 66.2 Å². The van der Waals surface area contributed by atoms with Crippen LogP contribution in [-0.4, -0.2) is 27.4 Å². The molecule has 7 nitrogen and oxygen atoms in total. The standard InChI is InChI=1S/C21H17NO6P2S4/c23-14-2-6-16(7-3-14)29(31)33-30(32,34-29)17-8-4-15(5-9-17)28-21(27)22-12-13-1-10-18(20(25)26)19(24)11-13/h1-11,23-24H,12H2,(H,22,27)(H,25,26). The predicted molar refractivity (Wildman–Crippen MR) is 145 cm³/mol. The van der Waals surface area contributed by atoms with E-state index in [1.54, 1.807) is 46.3 Å². The lowest BCUT2D eigenvalue weighted by atomic mass is 10.1. The van der Waals surface area contributed by atoms with Crippen molar-refractivity contribution in [3.05, 3.63) is 77.9 Å². The fourth-order valence-corrected chi connectivity index (χ4v) is 45.3. The van der Waals surface area contributed by atoms with Crippen molar-refractivity contribution in [2.24, 2.45) is 0 Å². The van der Waals surface area contributed by atoms with E-state index in [9.17, 15) is 19.8 Å². The van der Waals surface area contributed by atoms with Gasteiger partial charge in [0.25, 0.3) is 0 Å². The van der Waals surface area contributed by atoms with Crippen molar-refractivity contribution in [2.75, 3.05) is 0 Å². The van der Waals surface area contributed by atoms with Gasteiger partial charge in [-0.25, -0.2) is 9.59 Å². The van der Waals surface area contributed by atoms with Crippen molar-refractivity contribution in [3.8, 4) is 17.2 Å². The van der Waals surface area contributed by atoms with Gasteiger partial charge < -0.3 is 25.4 Å². The van der Waals surface area contributed by atoms with E-state index in [0.29, 0.717) is 11.3 Å². The first-order chi connectivity index (χ1) is 16.1. The maximum Gasteiger partial charge on any atom is 0.412 e. The number of carbonyl (C=O) groups excluding carboxylic acids is 1. The molecule has 3 aromatic rings. The molecule has 1 aliphatic rings. The number of phenolic OH excluding ortho intramolecular Hbond substituents is 1. The Hall–Kier alpha value is -2.00. The number of aromatic carboxylic acids is 1. The third-order valence-corrected chi connectivity index (χ3v) is 35.9. The van der Waals surface area contributed by atoms with Gasteiger partial charge in [0.05, 0.1) is 8.88 Å². The first-order valence-corrected chi connectivity index (χ1v) is 19.3. The van der Waals surface area contributed by atoms with E-state index < -0.39 is 20.9 Å². The topological polar surface area (TPSA) is 116 Å². The molecular weight excluding hydrogens is 552 g/mol. The molecule has 176 valence electrons. The molecule has 1 heterocycles. The van der Waals surface area contributed by atoms with Gasteiger partial charge in [0.2, 0.25) is 0 Å². The molecule has 34 heavy (non-hydrogen) atoms. The molecule has 0 aromatic heterocycles. The number of hydrogen-bond acceptors (Lipinski definition) is 9. The third kappa shape index (κ3) is 5.46. The molecule has 0 saturated carbocycles. The fraction of sp³-hybridized carbons (Fsp3) is 0.0476. The van der Waals surface area contributed by atoms with Crippen molar-refractivity contribution < 1.29 is 29.6 Å². The monoisotopic (exact) mass is 569 g/mol. The van der Waals surface area contributed by atoms with E-state index in [1.807, 2.05) is 24.3 Å². The average molecular weight is 570 g/mol. The Morgan fingerprint density at radius 1 is 0.882 bits per heavy atom. The second kappa shape index (κ2) is 9.93. The predicted octanol–water partition coefficient (Wildman–Crippen LogP) is 5.13. The van der Waals surface area contributed by atoms with Crippen molar-refractivity contribution in [1.82, 2.24) is 5.32 Å². The largest absolute Gasteiger partial charge is 0.508 e. The van der Waals surface area contributed by atoms with Crippen LogP contribution in [0.3, 0.4) is 0 Å². The van der Waals surface area contributed by atoms with Crippen LogP contribution >= 0.6 is 30.9 Å². The first kappa shape index (κ1) is 25.1. The van der Waals surface area contributed by atoms with Crippen LogP contribution < -0.4 is 20.7 Å². The lowest BCUT2D eigenvalue weighted by molar-refractivity contribution is 0.0693. The van der Waals surface area contributed by atoms with E-state index in [4.69, 9.17) is 33.5 Å². The number of benzene rings is 3. The third-order valence-electron chi connectivity index (χ3n) is 4.69. The molecule has 0 radical (unpaired) electrons. The zero-order chi connectivity index (χ0) is 24.5. The van der Waals surface area contributed by atoms with Gasteiger partial charge in [0, 0.05) is 17.2 Å². The van der Waals surface area contributed by atoms with E-state index in [1.165, 1.54) is 18.2 Å². The summed E-state index contributed by atoms with van der Waals surface area (Å²) in [6.45, 7) is 0.0559. The molecule has 0 bridgehead atoms. The number of ether oxygens (including phenoxy) is 1. The van der Waals surface area contributed by atoms with Gasteiger partial charge in [0.1, 0.15) is 22.8 Å². The highest BCUT2D eigenvalue weighted by Gasteiger charge is 2.45. The Bertz CT molecular complexity index is 1350. The maximum atomic E-state index is 12.1. The molecule has 0 aliphatic carbocycles. The van der Waals surface area contributed by atoms with Crippen LogP contribution in [0.5, 0.6) is 17.2 Å². The number of carboxylic acids is 1. The smallest absolute Gasteiger partial charge is 0.412 e. The van der Waals surface area contributed by atoms with E-state index in [2.05, 4.69) is 5.32 Å². The van der Waals surface area contributed by atoms with E-state index in [0.717, 1.165) is 10.6 Å². The minimum atomic E-state index is -1.94. The summed E-state index contributed by atoms with van der Waals surface area (Å²) in [5.41, 5.74) is 0.311. The Kier molecular flexibility index (Phi) is 7.33. The van der Waals surface area contributed by atoms with E-state index in [-0.39, 0.29) is 23.6 Å². The summed E-state index contributed by atoms with van der Waals surface area (Å²) in [6.07, 6.45) is -0.687. The van der Waals surface area contributed by atoms with Crippen LogP contribution in [0.25, 0.3) is 0 Å². The Labute approximate surface area is 212 Å². The summed E-state index contributed by atoms with van der Waals surface area (Å²) in [4.78, 5) is 23.1. The van der Waals surface area contributed by atoms with Crippen LogP contribution in [0.1, 0.15) is 15.9 Å². The zero-order valence-electron chi connectivity index (χ0n) is 17.2. The molecule has 0 unspecified atom stereocenters. The van der Waals surface area contributed by atoms with Crippen molar-refractivity contribution in [3.63, 3.8) is 0 Å². The Morgan fingerprint density at radius 2 is 1.44 bits per heavy atom. The van der Waals surface area contributed by atoms with Crippen LogP contribution in [0, 0.1) is 0 Å². The number of carbonyl (C=O) groups is 2. The second-order valence-corrected chi connectivity index (χ2v) is 28.4. The van der Waals surface area contributed by atoms with Crippen molar-refractivity contribution >= 4 is 77.2 Å². The van der Waals surface area contributed by atoms with Crippen LogP contribution in [-0.2, 0) is 30.2 Å². The minimum absolute atomic E-state index is 0.0559. The number of amides is 1. The summed E-state index contributed by atoms with van der Waals surface area (Å²) in [6, 6.07) is 18.1. The van der Waals surface area contributed by atoms with Gasteiger partial charge in [-0.15, -0.1) is 0 Å². The highest BCUT2D eigenvalue weighted by Crippen LogP contribution is 3.04. The van der Waals surface area contributed by atoms with Gasteiger partial charge in [0.15, 0.2) is 0 Å². The average Bonchev–Trinajstić information content (AvgIpc) is 2.77. The Balaban J connectivity index is 1.33. The number of hydrogen-bond donors (Lipinski definition) is 4. The molecular formula is C21H17NO6P2S4. The molecule has 0 atom stereocenters. The number of aromatic hydroxyl groups is 2. The molecule has 13 heteroatoms. The van der Waals surface area contributed by atoms with Gasteiger partial charge >= 0.3 is 12.1 Å². The summed E-state index contributed by atoms with van der Waals surface area (Å²) in [5, 5.41) is 32.7. The highest BCUT2D eigenvalue weighted by molar-refractivity contribution is 9.48. The molecule has 1 amide bonds. The lowest BCUT2D eigenvalue weighted by Crippen LogP contribution is -2.26. The summed E-state index contributed by atoms with van der Waals surface area (Å²) in [5.74, 6) is -1.06. The molecule has 1 saturated heterocycles. The highest BCUT2D eigenvalue weighted by atomic mass is 33.7. The van der Waals surface area contributed by atoms with Crippen LogP contribution in [0.15, 0.2) is 66.7 Å². The van der Waals surface area contributed by atoms with Crippen LogP contribution in [0.2, 0.25) is 0 Å². The number of rotatable bonds is 6. The van der Waals surface area contributed by atoms with Crippen molar-refractivity contribution in [2.45, 2.75) is 6.54 Å². The summed E-state index contributed by atoms with van der Waals surface area (Å²) >= 11 is 15.1. The van der Waals surface area contributed by atoms with Crippen molar-refractivity contribution in [1.29, 1.82) is 0 Å². The van der Waals surface area contributed by atoms with Gasteiger partial charge in [-0.1, -0.05) is 51.7 Å². The summed E-state index contributed by atoms with van der Waals surface area (Å²) in [7, 11) is 0. The number of nitrogens with one attached hydrogen (secondary N) is 1.